The first-order valence-electron chi connectivity index (χ1n) is 6.05. The van der Waals surface area contributed by atoms with Gasteiger partial charge in [0.05, 0.1) is 5.56 Å². The molecule has 0 bridgehead atoms. The third-order valence-corrected chi connectivity index (χ3v) is 2.75. The molecular formula is C15H14N4O. The van der Waals surface area contributed by atoms with Gasteiger partial charge in [0, 0.05) is 31.7 Å². The van der Waals surface area contributed by atoms with Crippen LogP contribution in [0, 0.1) is 11.3 Å². The molecule has 0 radical (unpaired) electrons. The Balaban J connectivity index is 2.15. The van der Waals surface area contributed by atoms with Crippen molar-refractivity contribution in [3.63, 3.8) is 0 Å². The molecule has 2 aromatic rings. The number of hydrogen-bond donors (Lipinski definition) is 1. The van der Waals surface area contributed by atoms with E-state index in [-0.39, 0.29) is 11.6 Å². The summed E-state index contributed by atoms with van der Waals surface area (Å²) in [5.74, 6) is -0.301. The molecule has 100 valence electrons. The molecule has 1 aromatic heterocycles. The van der Waals surface area contributed by atoms with Crippen LogP contribution in [0.1, 0.15) is 16.1 Å². The number of carbonyl (C=O) groups excluding carboxylic acids is 1. The van der Waals surface area contributed by atoms with Crippen molar-refractivity contribution < 1.29 is 4.79 Å². The van der Waals surface area contributed by atoms with Crippen LogP contribution in [-0.4, -0.2) is 25.0 Å². The Labute approximate surface area is 117 Å². The van der Waals surface area contributed by atoms with Crippen LogP contribution < -0.4 is 10.2 Å². The second-order valence-corrected chi connectivity index (χ2v) is 4.44. The van der Waals surface area contributed by atoms with Gasteiger partial charge in [-0.15, -0.1) is 0 Å². The highest BCUT2D eigenvalue weighted by atomic mass is 16.1. The maximum Gasteiger partial charge on any atom is 0.274 e. The van der Waals surface area contributed by atoms with Gasteiger partial charge in [-0.05, 0) is 30.3 Å². The zero-order valence-corrected chi connectivity index (χ0v) is 11.3. The molecule has 1 aromatic carbocycles. The number of nitrogens with zero attached hydrogens (tertiary/aromatic N) is 3. The van der Waals surface area contributed by atoms with Gasteiger partial charge in [-0.3, -0.25) is 4.79 Å². The predicted octanol–water partition coefficient (Wildman–Crippen LogP) is 2.27. The van der Waals surface area contributed by atoms with E-state index in [1.54, 1.807) is 6.07 Å². The van der Waals surface area contributed by atoms with E-state index in [1.165, 1.54) is 12.3 Å². The molecule has 5 heteroatoms. The Bertz CT molecular complexity index is 656. The predicted molar refractivity (Wildman–Crippen MR) is 77.7 cm³/mol. The van der Waals surface area contributed by atoms with Crippen LogP contribution in [0.15, 0.2) is 42.6 Å². The fraction of sp³-hybridized carbons (Fsp3) is 0.133. The molecule has 1 heterocycles. The summed E-state index contributed by atoms with van der Waals surface area (Å²) >= 11 is 0. The number of pyridine rings is 1. The molecule has 0 saturated heterocycles. The molecule has 0 atom stereocenters. The number of nitrogens with one attached hydrogen (secondary N) is 1. The van der Waals surface area contributed by atoms with Crippen LogP contribution in [0.2, 0.25) is 0 Å². The van der Waals surface area contributed by atoms with Gasteiger partial charge in [-0.2, -0.15) is 5.26 Å². The number of benzene rings is 1. The van der Waals surface area contributed by atoms with Gasteiger partial charge in [0.2, 0.25) is 0 Å². The summed E-state index contributed by atoms with van der Waals surface area (Å²) in [7, 11) is 3.87. The van der Waals surface area contributed by atoms with Crippen LogP contribution >= 0.6 is 0 Å². The molecule has 20 heavy (non-hydrogen) atoms. The summed E-state index contributed by atoms with van der Waals surface area (Å²) in [6.45, 7) is 0. The lowest BCUT2D eigenvalue weighted by Gasteiger charge is -2.13. The number of hydrogen-bond acceptors (Lipinski definition) is 4. The first-order chi connectivity index (χ1) is 9.60. The fourth-order valence-corrected chi connectivity index (χ4v) is 1.65. The van der Waals surface area contributed by atoms with Gasteiger partial charge in [-0.25, -0.2) is 4.98 Å². The highest BCUT2D eigenvalue weighted by Crippen LogP contribution is 2.17. The molecule has 1 amide bonds. The highest BCUT2D eigenvalue weighted by Gasteiger charge is 2.08. The summed E-state index contributed by atoms with van der Waals surface area (Å²) in [4.78, 5) is 17.9. The summed E-state index contributed by atoms with van der Waals surface area (Å²) in [5, 5.41) is 11.5. The topological polar surface area (TPSA) is 69.0 Å². The van der Waals surface area contributed by atoms with Crippen molar-refractivity contribution in [1.82, 2.24) is 4.98 Å². The molecule has 0 unspecified atom stereocenters. The van der Waals surface area contributed by atoms with Gasteiger partial charge in [0.15, 0.2) is 0 Å². The number of carbonyl (C=O) groups is 1. The Morgan fingerprint density at radius 3 is 2.70 bits per heavy atom. The van der Waals surface area contributed by atoms with Crippen LogP contribution in [0.5, 0.6) is 0 Å². The van der Waals surface area contributed by atoms with Crippen LogP contribution in [0.25, 0.3) is 0 Å². The number of anilines is 2. The third kappa shape index (κ3) is 3.12. The Kier molecular flexibility index (Phi) is 3.96. The van der Waals surface area contributed by atoms with Gasteiger partial charge >= 0.3 is 0 Å². The highest BCUT2D eigenvalue weighted by molar-refractivity contribution is 6.03. The molecule has 0 spiro atoms. The maximum atomic E-state index is 12.0. The number of amides is 1. The minimum atomic E-state index is -0.301. The maximum absolute atomic E-state index is 12.0. The normalized spacial score (nSPS) is 9.65. The SMILES string of the molecule is CN(C)c1cccc(NC(=O)c2ccc(C#N)cn2)c1. The second-order valence-electron chi connectivity index (χ2n) is 4.44. The largest absolute Gasteiger partial charge is 0.378 e. The second kappa shape index (κ2) is 5.85. The van der Waals surface area contributed by atoms with Crippen molar-refractivity contribution in [2.45, 2.75) is 0 Å². The smallest absolute Gasteiger partial charge is 0.274 e. The zero-order chi connectivity index (χ0) is 14.5. The van der Waals surface area contributed by atoms with Gasteiger partial charge in [0.1, 0.15) is 11.8 Å². The summed E-state index contributed by atoms with van der Waals surface area (Å²) in [6, 6.07) is 12.6. The molecule has 2 rings (SSSR count). The Hall–Kier alpha value is -2.87. The van der Waals surface area contributed by atoms with E-state index in [0.29, 0.717) is 11.3 Å². The van der Waals surface area contributed by atoms with E-state index in [4.69, 9.17) is 5.26 Å². The van der Waals surface area contributed by atoms with Crippen molar-refractivity contribution in [2.24, 2.45) is 0 Å². The first kappa shape index (κ1) is 13.6. The minimum absolute atomic E-state index is 0.277. The van der Waals surface area contributed by atoms with E-state index < -0.39 is 0 Å². The lowest BCUT2D eigenvalue weighted by Crippen LogP contribution is -2.14. The average Bonchev–Trinajstić information content (AvgIpc) is 2.47. The number of nitriles is 1. The molecule has 0 saturated carbocycles. The number of rotatable bonds is 3. The van der Waals surface area contributed by atoms with Crippen molar-refractivity contribution in [1.29, 1.82) is 5.26 Å². The molecule has 5 nitrogen and oxygen atoms in total. The standard InChI is InChI=1S/C15H14N4O/c1-19(2)13-5-3-4-12(8-13)18-15(20)14-7-6-11(9-16)10-17-14/h3-8,10H,1-2H3,(H,18,20). The average molecular weight is 266 g/mol. The Morgan fingerprint density at radius 1 is 1.30 bits per heavy atom. The monoisotopic (exact) mass is 266 g/mol. The van der Waals surface area contributed by atoms with Gasteiger partial charge < -0.3 is 10.2 Å². The molecule has 1 N–H and O–H groups in total. The minimum Gasteiger partial charge on any atom is -0.378 e. The molecule has 0 aliphatic carbocycles. The molecule has 0 fully saturated rings. The van der Waals surface area contributed by atoms with Crippen molar-refractivity contribution in [3.05, 3.63) is 53.9 Å². The first-order valence-corrected chi connectivity index (χ1v) is 6.05. The van der Waals surface area contributed by atoms with Gasteiger partial charge in [-0.1, -0.05) is 6.07 Å². The van der Waals surface area contributed by atoms with Crippen LogP contribution in [0.4, 0.5) is 11.4 Å². The van der Waals surface area contributed by atoms with E-state index in [0.717, 1.165) is 5.69 Å². The molecule has 0 aliphatic rings. The lowest BCUT2D eigenvalue weighted by molar-refractivity contribution is 0.102. The molecule has 0 aliphatic heterocycles. The molecular weight excluding hydrogens is 252 g/mol. The van der Waals surface area contributed by atoms with Crippen LogP contribution in [-0.2, 0) is 0 Å². The van der Waals surface area contributed by atoms with E-state index >= 15 is 0 Å². The third-order valence-electron chi connectivity index (χ3n) is 2.75. The van der Waals surface area contributed by atoms with E-state index in [2.05, 4.69) is 10.3 Å². The van der Waals surface area contributed by atoms with Gasteiger partial charge in [0.25, 0.3) is 5.91 Å². The fourth-order valence-electron chi connectivity index (χ4n) is 1.65. The van der Waals surface area contributed by atoms with E-state index in [9.17, 15) is 4.79 Å². The lowest BCUT2D eigenvalue weighted by atomic mass is 10.2. The Morgan fingerprint density at radius 2 is 2.10 bits per heavy atom. The number of aromatic nitrogens is 1. The summed E-state index contributed by atoms with van der Waals surface area (Å²) in [6.07, 6.45) is 1.38. The summed E-state index contributed by atoms with van der Waals surface area (Å²) in [5.41, 5.74) is 2.40. The zero-order valence-electron chi connectivity index (χ0n) is 11.3. The van der Waals surface area contributed by atoms with Crippen molar-refractivity contribution in [3.8, 4) is 6.07 Å². The van der Waals surface area contributed by atoms with Crippen LogP contribution in [0.3, 0.4) is 0 Å². The quantitative estimate of drug-likeness (QED) is 0.925. The summed E-state index contributed by atoms with van der Waals surface area (Å²) < 4.78 is 0. The van der Waals surface area contributed by atoms with Crippen molar-refractivity contribution in [2.75, 3.05) is 24.3 Å². The van der Waals surface area contributed by atoms with Crippen molar-refractivity contribution >= 4 is 17.3 Å². The van der Waals surface area contributed by atoms with E-state index in [1.807, 2.05) is 49.3 Å².